The van der Waals surface area contributed by atoms with Gasteiger partial charge in [-0.05, 0) is 49.1 Å². The van der Waals surface area contributed by atoms with Gasteiger partial charge in [0.05, 0.1) is 36.6 Å². The first-order valence-corrected chi connectivity index (χ1v) is 15.7. The molecular weight excluding hydrogens is 560 g/mol. The number of hydrogen-bond acceptors (Lipinski definition) is 6. The number of fused-ring (bicyclic) bond motifs is 1. The Kier molecular flexibility index (Phi) is 8.42. The highest BCUT2D eigenvalue weighted by Gasteiger charge is 2.39. The maximum atomic E-state index is 14.1. The predicted molar refractivity (Wildman–Crippen MR) is 170 cm³/mol. The van der Waals surface area contributed by atoms with Crippen LogP contribution in [0.1, 0.15) is 36.1 Å². The number of para-hydroxylation sites is 1. The van der Waals surface area contributed by atoms with Crippen LogP contribution in [0.3, 0.4) is 0 Å². The third-order valence-electron chi connectivity index (χ3n) is 8.30. The van der Waals surface area contributed by atoms with E-state index in [0.717, 1.165) is 52.4 Å². The van der Waals surface area contributed by atoms with Gasteiger partial charge in [0.1, 0.15) is 23.9 Å². The van der Waals surface area contributed by atoms with Gasteiger partial charge in [0.2, 0.25) is 11.8 Å². The van der Waals surface area contributed by atoms with Gasteiger partial charge >= 0.3 is 0 Å². The van der Waals surface area contributed by atoms with Crippen LogP contribution in [0.2, 0.25) is 0 Å². The molecule has 0 saturated carbocycles. The lowest BCUT2D eigenvalue weighted by atomic mass is 9.98. The van der Waals surface area contributed by atoms with Gasteiger partial charge in [-0.2, -0.15) is 5.10 Å². The van der Waals surface area contributed by atoms with Crippen LogP contribution < -0.4 is 14.4 Å². The van der Waals surface area contributed by atoms with E-state index in [2.05, 4.69) is 6.92 Å². The summed E-state index contributed by atoms with van der Waals surface area (Å²) in [6.07, 6.45) is 1.94. The fourth-order valence-electron chi connectivity index (χ4n) is 5.85. The molecular formula is C34H36N4O4S. The normalized spacial score (nSPS) is 17.4. The number of rotatable bonds is 7. The highest BCUT2D eigenvalue weighted by molar-refractivity contribution is 8.00. The van der Waals surface area contributed by atoms with Gasteiger partial charge in [0, 0.05) is 29.8 Å². The Hall–Kier alpha value is -4.24. The molecule has 1 fully saturated rings. The number of hydrogen-bond donors (Lipinski definition) is 0. The molecule has 6 rings (SSSR count). The number of ether oxygens (including phenoxy) is 2. The van der Waals surface area contributed by atoms with Crippen molar-refractivity contribution in [1.82, 2.24) is 14.7 Å². The highest BCUT2D eigenvalue weighted by Crippen LogP contribution is 2.50. The minimum atomic E-state index is -0.270. The third kappa shape index (κ3) is 5.73. The van der Waals surface area contributed by atoms with Crippen molar-refractivity contribution in [2.45, 2.75) is 25.0 Å². The van der Waals surface area contributed by atoms with Crippen LogP contribution in [0.15, 0.2) is 78.9 Å². The van der Waals surface area contributed by atoms with E-state index in [1.54, 1.807) is 19.1 Å². The summed E-state index contributed by atoms with van der Waals surface area (Å²) in [5.74, 6) is 2.69. The van der Waals surface area contributed by atoms with E-state index in [9.17, 15) is 9.59 Å². The summed E-state index contributed by atoms with van der Waals surface area (Å²) in [4.78, 5) is 31.4. The molecule has 43 heavy (non-hydrogen) atoms. The summed E-state index contributed by atoms with van der Waals surface area (Å²) < 4.78 is 13.0. The van der Waals surface area contributed by atoms with E-state index in [1.165, 1.54) is 11.8 Å². The second-order valence-corrected chi connectivity index (χ2v) is 12.1. The van der Waals surface area contributed by atoms with Gasteiger partial charge in [-0.3, -0.25) is 14.5 Å². The molecule has 0 N–H and O–H groups in total. The molecule has 3 heterocycles. The lowest BCUT2D eigenvalue weighted by molar-refractivity contribution is -0.132. The number of carbonyl (C=O) groups excluding carboxylic acids is 2. The maximum Gasteiger partial charge on any atom is 0.242 e. The zero-order chi connectivity index (χ0) is 29.9. The molecule has 1 atom stereocenters. The zero-order valence-electron chi connectivity index (χ0n) is 24.7. The van der Waals surface area contributed by atoms with E-state index in [-0.39, 0.29) is 29.4 Å². The van der Waals surface area contributed by atoms with Crippen LogP contribution in [0.25, 0.3) is 16.9 Å². The number of likely N-dealkylation sites (tertiary alicyclic amines) is 1. The summed E-state index contributed by atoms with van der Waals surface area (Å²) >= 11 is 1.54. The number of aromatic nitrogens is 2. The van der Waals surface area contributed by atoms with E-state index in [4.69, 9.17) is 14.6 Å². The average Bonchev–Trinajstić information content (AvgIpc) is 3.38. The lowest BCUT2D eigenvalue weighted by Gasteiger charge is -2.32. The Morgan fingerprint density at radius 2 is 1.63 bits per heavy atom. The minimum Gasteiger partial charge on any atom is -0.497 e. The fourth-order valence-corrected chi connectivity index (χ4v) is 7.08. The molecule has 8 nitrogen and oxygen atoms in total. The SMILES string of the molecule is COc1ccc(-n2nc(-c3ccccc3)c3c2N(CC(=O)N2CCC(C)CC2)C(=O)CS[C@@H]3c2ccccc2OC)cc1. The molecule has 9 heteroatoms. The molecule has 2 amide bonds. The Morgan fingerprint density at radius 1 is 0.930 bits per heavy atom. The Labute approximate surface area is 256 Å². The summed E-state index contributed by atoms with van der Waals surface area (Å²) in [6.45, 7) is 3.59. The molecule has 222 valence electrons. The van der Waals surface area contributed by atoms with E-state index < -0.39 is 0 Å². The second-order valence-electron chi connectivity index (χ2n) is 11.0. The van der Waals surface area contributed by atoms with Crippen LogP contribution in [-0.4, -0.2) is 66.1 Å². The predicted octanol–water partition coefficient (Wildman–Crippen LogP) is 5.98. The molecule has 0 bridgehead atoms. The quantitative estimate of drug-likeness (QED) is 0.261. The van der Waals surface area contributed by atoms with Crippen molar-refractivity contribution in [1.29, 1.82) is 0 Å². The van der Waals surface area contributed by atoms with Gasteiger partial charge in [0.15, 0.2) is 0 Å². The number of carbonyl (C=O) groups is 2. The first-order chi connectivity index (χ1) is 21.0. The van der Waals surface area contributed by atoms with E-state index >= 15 is 0 Å². The number of benzene rings is 3. The van der Waals surface area contributed by atoms with Crippen molar-refractivity contribution in [3.63, 3.8) is 0 Å². The molecule has 0 spiro atoms. The Balaban J connectivity index is 1.57. The number of thioether (sulfide) groups is 1. The first-order valence-electron chi connectivity index (χ1n) is 14.6. The van der Waals surface area contributed by atoms with Crippen LogP contribution in [0, 0.1) is 5.92 Å². The zero-order valence-corrected chi connectivity index (χ0v) is 25.5. The number of amides is 2. The monoisotopic (exact) mass is 596 g/mol. The van der Waals surface area contributed by atoms with Gasteiger partial charge in [-0.15, -0.1) is 11.8 Å². The number of anilines is 1. The van der Waals surface area contributed by atoms with Crippen molar-refractivity contribution in [2.75, 3.05) is 44.5 Å². The smallest absolute Gasteiger partial charge is 0.242 e. The standard InChI is InChI=1S/C34H36N4O4S/c1-23-17-19-36(20-18-23)29(39)21-37-30(40)22-43-33(27-11-7-8-12-28(27)42-3)31-32(24-9-5-4-6-10-24)35-38(34(31)37)25-13-15-26(41-2)16-14-25/h4-16,23,33H,17-22H2,1-3H3/t33-/m1/s1. The molecule has 0 unspecified atom stereocenters. The first kappa shape index (κ1) is 28.9. The highest BCUT2D eigenvalue weighted by atomic mass is 32.2. The van der Waals surface area contributed by atoms with Gasteiger partial charge in [-0.25, -0.2) is 4.68 Å². The molecule has 2 aliphatic heterocycles. The average molecular weight is 597 g/mol. The van der Waals surface area contributed by atoms with Gasteiger partial charge in [-0.1, -0.05) is 55.5 Å². The number of nitrogens with zero attached hydrogens (tertiary/aromatic N) is 4. The second kappa shape index (κ2) is 12.6. The largest absolute Gasteiger partial charge is 0.497 e. The third-order valence-corrected chi connectivity index (χ3v) is 9.54. The number of piperidine rings is 1. The van der Waals surface area contributed by atoms with Crippen molar-refractivity contribution in [3.8, 4) is 28.4 Å². The summed E-state index contributed by atoms with van der Waals surface area (Å²) in [5.41, 5.74) is 4.28. The molecule has 1 aromatic heterocycles. The van der Waals surface area contributed by atoms with Crippen LogP contribution >= 0.6 is 11.8 Å². The van der Waals surface area contributed by atoms with Crippen LogP contribution in [-0.2, 0) is 9.59 Å². The summed E-state index contributed by atoms with van der Waals surface area (Å²) in [7, 11) is 3.29. The van der Waals surface area contributed by atoms with E-state index in [0.29, 0.717) is 24.8 Å². The van der Waals surface area contributed by atoms with E-state index in [1.807, 2.05) is 88.4 Å². The summed E-state index contributed by atoms with van der Waals surface area (Å²) in [6, 6.07) is 25.5. The van der Waals surface area contributed by atoms with Crippen molar-refractivity contribution >= 4 is 29.4 Å². The topological polar surface area (TPSA) is 76.9 Å². The minimum absolute atomic E-state index is 0.0457. The van der Waals surface area contributed by atoms with Crippen molar-refractivity contribution in [3.05, 3.63) is 90.0 Å². The van der Waals surface area contributed by atoms with Crippen molar-refractivity contribution < 1.29 is 19.1 Å². The van der Waals surface area contributed by atoms with Crippen LogP contribution in [0.4, 0.5) is 5.82 Å². The Bertz CT molecular complexity index is 1600. The molecule has 1 saturated heterocycles. The van der Waals surface area contributed by atoms with Gasteiger partial charge in [0.25, 0.3) is 0 Å². The molecule has 0 radical (unpaired) electrons. The lowest BCUT2D eigenvalue weighted by Crippen LogP contribution is -2.46. The molecule has 2 aliphatic rings. The number of methoxy groups -OCH3 is 2. The van der Waals surface area contributed by atoms with Crippen molar-refractivity contribution in [2.24, 2.45) is 5.92 Å². The van der Waals surface area contributed by atoms with Crippen LogP contribution in [0.5, 0.6) is 11.5 Å². The van der Waals surface area contributed by atoms with Gasteiger partial charge < -0.3 is 14.4 Å². The fraction of sp³-hybridized carbons (Fsp3) is 0.324. The molecule has 4 aromatic rings. The Morgan fingerprint density at radius 3 is 2.33 bits per heavy atom. The molecule has 0 aliphatic carbocycles. The molecule has 3 aromatic carbocycles. The summed E-state index contributed by atoms with van der Waals surface area (Å²) in [5, 5.41) is 4.91. The maximum absolute atomic E-state index is 14.1.